The topological polar surface area (TPSA) is 29.1 Å². The van der Waals surface area contributed by atoms with E-state index in [0.29, 0.717) is 0 Å². The van der Waals surface area contributed by atoms with Crippen LogP contribution in [-0.4, -0.2) is 12.5 Å². The second-order valence-electron chi connectivity index (χ2n) is 2.19. The van der Waals surface area contributed by atoms with Gasteiger partial charge in [0.25, 0.3) is 0 Å². The first-order valence-electron chi connectivity index (χ1n) is 3.51. The molecule has 0 aromatic rings. The average Bonchev–Trinajstić information content (AvgIpc) is 1.80. The molecule has 2 nitrogen and oxygen atoms in total. The first-order valence-corrected chi connectivity index (χ1v) is 3.51. The minimum absolute atomic E-state index is 0. The van der Waals surface area contributed by atoms with Gasteiger partial charge in [0.1, 0.15) is 0 Å². The Morgan fingerprint density at radius 1 is 1.40 bits per heavy atom. The van der Waals surface area contributed by atoms with Crippen molar-refractivity contribution in [2.75, 3.05) is 6.54 Å². The average molecular weight is 166 g/mol. The molecule has 0 heterocycles. The molecular formula is C7H16ClNO. The van der Waals surface area contributed by atoms with Crippen LogP contribution in [0.1, 0.15) is 33.1 Å². The maximum atomic E-state index is 10.3. The highest BCUT2D eigenvalue weighted by Gasteiger charge is 1.87. The van der Waals surface area contributed by atoms with Gasteiger partial charge in [0.05, 0.1) is 0 Å². The van der Waals surface area contributed by atoms with Crippen LogP contribution in [-0.2, 0) is 4.79 Å². The Hall–Kier alpha value is -0.240. The number of carbonyl (C=O) groups is 1. The van der Waals surface area contributed by atoms with Gasteiger partial charge in [-0.2, -0.15) is 0 Å². The Labute approximate surface area is 68.8 Å². The summed E-state index contributed by atoms with van der Waals surface area (Å²) in [6.07, 6.45) is 3.52. The van der Waals surface area contributed by atoms with Gasteiger partial charge >= 0.3 is 0 Å². The molecule has 0 fully saturated rings. The van der Waals surface area contributed by atoms with Crippen LogP contribution in [0.3, 0.4) is 0 Å². The van der Waals surface area contributed by atoms with Crippen molar-refractivity contribution < 1.29 is 4.79 Å². The summed E-state index contributed by atoms with van der Waals surface area (Å²) in [5.41, 5.74) is 0. The zero-order valence-electron chi connectivity index (χ0n) is 6.64. The Morgan fingerprint density at radius 2 is 2.00 bits per heavy atom. The van der Waals surface area contributed by atoms with E-state index in [1.165, 1.54) is 12.8 Å². The zero-order chi connectivity index (χ0) is 7.11. The fourth-order valence-electron chi connectivity index (χ4n) is 0.639. The molecule has 0 saturated carbocycles. The molecule has 0 saturated heterocycles. The van der Waals surface area contributed by atoms with Crippen molar-refractivity contribution in [3.8, 4) is 0 Å². The normalized spacial score (nSPS) is 8.20. The number of rotatable bonds is 4. The third-order valence-electron chi connectivity index (χ3n) is 1.15. The van der Waals surface area contributed by atoms with Gasteiger partial charge in [-0.15, -0.1) is 12.4 Å². The summed E-state index contributed by atoms with van der Waals surface area (Å²) in [6, 6.07) is 0. The van der Waals surface area contributed by atoms with Gasteiger partial charge in [0.2, 0.25) is 5.91 Å². The van der Waals surface area contributed by atoms with Crippen molar-refractivity contribution in [2.24, 2.45) is 0 Å². The van der Waals surface area contributed by atoms with Crippen LogP contribution in [0.5, 0.6) is 0 Å². The summed E-state index contributed by atoms with van der Waals surface area (Å²) in [5, 5.41) is 2.74. The second kappa shape index (κ2) is 8.76. The summed E-state index contributed by atoms with van der Waals surface area (Å²) in [7, 11) is 0. The van der Waals surface area contributed by atoms with Gasteiger partial charge in [0, 0.05) is 13.5 Å². The fourth-order valence-corrected chi connectivity index (χ4v) is 0.639. The number of unbranched alkanes of at least 4 members (excludes halogenated alkanes) is 2. The van der Waals surface area contributed by atoms with Crippen LogP contribution in [0.4, 0.5) is 0 Å². The van der Waals surface area contributed by atoms with Gasteiger partial charge in [-0.25, -0.2) is 0 Å². The van der Waals surface area contributed by atoms with Gasteiger partial charge in [-0.3, -0.25) is 4.79 Å². The van der Waals surface area contributed by atoms with Gasteiger partial charge in [-0.05, 0) is 6.42 Å². The van der Waals surface area contributed by atoms with E-state index in [-0.39, 0.29) is 18.3 Å². The third-order valence-corrected chi connectivity index (χ3v) is 1.15. The molecule has 0 bridgehead atoms. The molecule has 0 atom stereocenters. The Kier molecular flexibility index (Phi) is 10.9. The van der Waals surface area contributed by atoms with E-state index in [0.717, 1.165) is 13.0 Å². The standard InChI is InChI=1S/C7H15NO.ClH/c1-3-4-5-6-8-7(2)9;/h3-6H2,1-2H3,(H,8,9);1H. The first kappa shape index (κ1) is 12.4. The summed E-state index contributed by atoms with van der Waals surface area (Å²) in [4.78, 5) is 10.3. The number of hydrogen-bond donors (Lipinski definition) is 1. The number of halogens is 1. The van der Waals surface area contributed by atoms with Crippen LogP contribution < -0.4 is 5.32 Å². The highest BCUT2D eigenvalue weighted by molar-refractivity contribution is 5.85. The maximum Gasteiger partial charge on any atom is 0.216 e. The second-order valence-corrected chi connectivity index (χ2v) is 2.19. The molecule has 0 aliphatic rings. The molecule has 0 rings (SSSR count). The Balaban J connectivity index is 0. The number of hydrogen-bond acceptors (Lipinski definition) is 1. The molecule has 62 valence electrons. The molecule has 0 radical (unpaired) electrons. The van der Waals surface area contributed by atoms with E-state index in [9.17, 15) is 4.79 Å². The van der Waals surface area contributed by atoms with E-state index < -0.39 is 0 Å². The number of amides is 1. The van der Waals surface area contributed by atoms with Crippen LogP contribution >= 0.6 is 12.4 Å². The highest BCUT2D eigenvalue weighted by atomic mass is 35.5. The molecule has 1 N–H and O–H groups in total. The van der Waals surface area contributed by atoms with E-state index >= 15 is 0 Å². The van der Waals surface area contributed by atoms with E-state index in [2.05, 4.69) is 12.2 Å². The van der Waals surface area contributed by atoms with Crippen LogP contribution in [0.25, 0.3) is 0 Å². The quantitative estimate of drug-likeness (QED) is 0.632. The van der Waals surface area contributed by atoms with Crippen LogP contribution in [0.2, 0.25) is 0 Å². The van der Waals surface area contributed by atoms with Crippen LogP contribution in [0, 0.1) is 0 Å². The summed E-state index contributed by atoms with van der Waals surface area (Å²) in [6.45, 7) is 4.53. The van der Waals surface area contributed by atoms with Gasteiger partial charge in [-0.1, -0.05) is 19.8 Å². The SMILES string of the molecule is CCCCCNC(C)=O.Cl. The molecule has 0 unspecified atom stereocenters. The molecular weight excluding hydrogens is 150 g/mol. The Morgan fingerprint density at radius 3 is 2.40 bits per heavy atom. The molecule has 10 heavy (non-hydrogen) atoms. The van der Waals surface area contributed by atoms with E-state index in [1.807, 2.05) is 0 Å². The minimum atomic E-state index is 0. The minimum Gasteiger partial charge on any atom is -0.356 e. The van der Waals surface area contributed by atoms with Crippen molar-refractivity contribution >= 4 is 18.3 Å². The first-order chi connectivity index (χ1) is 4.27. The molecule has 0 aliphatic carbocycles. The summed E-state index contributed by atoms with van der Waals surface area (Å²) in [5.74, 6) is 0.0751. The smallest absolute Gasteiger partial charge is 0.216 e. The van der Waals surface area contributed by atoms with E-state index in [1.54, 1.807) is 6.92 Å². The number of carbonyl (C=O) groups excluding carboxylic acids is 1. The highest BCUT2D eigenvalue weighted by Crippen LogP contribution is 1.90. The van der Waals surface area contributed by atoms with Gasteiger partial charge in [0.15, 0.2) is 0 Å². The lowest BCUT2D eigenvalue weighted by Crippen LogP contribution is -2.20. The lowest BCUT2D eigenvalue weighted by Gasteiger charge is -1.98. The molecule has 3 heteroatoms. The maximum absolute atomic E-state index is 10.3. The van der Waals surface area contributed by atoms with Gasteiger partial charge < -0.3 is 5.32 Å². The van der Waals surface area contributed by atoms with Crippen LogP contribution in [0.15, 0.2) is 0 Å². The third kappa shape index (κ3) is 10.7. The number of nitrogens with one attached hydrogen (secondary N) is 1. The largest absolute Gasteiger partial charge is 0.356 e. The molecule has 0 spiro atoms. The fraction of sp³-hybridized carbons (Fsp3) is 0.857. The predicted molar refractivity (Wildman–Crippen MR) is 45.5 cm³/mol. The Bertz CT molecular complexity index is 85.7. The van der Waals surface area contributed by atoms with Crippen molar-refractivity contribution in [1.82, 2.24) is 5.32 Å². The molecule has 0 aromatic heterocycles. The zero-order valence-corrected chi connectivity index (χ0v) is 7.46. The predicted octanol–water partition coefficient (Wildman–Crippen LogP) is 1.73. The molecule has 0 aromatic carbocycles. The molecule has 0 aliphatic heterocycles. The van der Waals surface area contributed by atoms with Crippen molar-refractivity contribution in [3.05, 3.63) is 0 Å². The lowest BCUT2D eigenvalue weighted by molar-refractivity contribution is -0.118. The lowest BCUT2D eigenvalue weighted by atomic mass is 10.2. The van der Waals surface area contributed by atoms with Crippen molar-refractivity contribution in [2.45, 2.75) is 33.1 Å². The summed E-state index contributed by atoms with van der Waals surface area (Å²) < 4.78 is 0. The van der Waals surface area contributed by atoms with Crippen molar-refractivity contribution in [1.29, 1.82) is 0 Å². The monoisotopic (exact) mass is 165 g/mol. The summed E-state index contributed by atoms with van der Waals surface area (Å²) >= 11 is 0. The molecule has 1 amide bonds. The van der Waals surface area contributed by atoms with Crippen molar-refractivity contribution in [3.63, 3.8) is 0 Å². The van der Waals surface area contributed by atoms with E-state index in [4.69, 9.17) is 0 Å².